The molecule has 0 saturated heterocycles. The third-order valence-electron chi connectivity index (χ3n) is 4.24. The summed E-state index contributed by atoms with van der Waals surface area (Å²) in [7, 11) is -1.32. The Balaban J connectivity index is 0.000000980. The Hall–Kier alpha value is -0.753. The van der Waals surface area contributed by atoms with Crippen molar-refractivity contribution in [3.8, 4) is 0 Å². The summed E-state index contributed by atoms with van der Waals surface area (Å²) in [6, 6.07) is 0. The number of hydrogen-bond acceptors (Lipinski definition) is 3. The number of halogens is 1. The number of rotatable bonds is 4. The van der Waals surface area contributed by atoms with E-state index in [1.807, 2.05) is 0 Å². The van der Waals surface area contributed by atoms with E-state index < -0.39 is 19.6 Å². The van der Waals surface area contributed by atoms with Crippen LogP contribution in [0.25, 0.3) is 0 Å². The van der Waals surface area contributed by atoms with Crippen molar-refractivity contribution in [3.63, 3.8) is 0 Å². The standard InChI is InChI=1S/C13H26ClNO2Si.C2H4O2/c1-11(14)17-12(16)15-10-13(18(2,3)4)8-6-5-7-9-13;1-2(3)4/h11H,5-10H2,1-4H3,(H,15,16);1H3,(H,3,4). The number of carbonyl (C=O) groups excluding carboxylic acids is 1. The molecule has 130 valence electrons. The van der Waals surface area contributed by atoms with Crippen molar-refractivity contribution in [2.75, 3.05) is 6.54 Å². The number of ether oxygens (including phenoxy) is 1. The maximum atomic E-state index is 11.6. The molecule has 7 heteroatoms. The van der Waals surface area contributed by atoms with Crippen LogP contribution in [0.4, 0.5) is 4.79 Å². The molecule has 1 fully saturated rings. The highest BCUT2D eigenvalue weighted by atomic mass is 35.5. The average molecular weight is 352 g/mol. The van der Waals surface area contributed by atoms with E-state index in [2.05, 4.69) is 25.0 Å². The Morgan fingerprint density at radius 1 is 1.27 bits per heavy atom. The second-order valence-electron chi connectivity index (χ2n) is 6.91. The molecular weight excluding hydrogens is 322 g/mol. The van der Waals surface area contributed by atoms with Gasteiger partial charge in [-0.1, -0.05) is 50.5 Å². The molecule has 0 bridgehead atoms. The molecule has 1 unspecified atom stereocenters. The normalized spacial score (nSPS) is 18.5. The maximum absolute atomic E-state index is 11.6. The molecule has 1 atom stereocenters. The minimum absolute atomic E-state index is 0.319. The van der Waals surface area contributed by atoms with Gasteiger partial charge in [0.2, 0.25) is 0 Å². The first kappa shape index (κ1) is 21.2. The summed E-state index contributed by atoms with van der Waals surface area (Å²) in [5.74, 6) is -0.833. The largest absolute Gasteiger partial charge is 0.481 e. The van der Waals surface area contributed by atoms with Crippen molar-refractivity contribution in [2.45, 2.75) is 76.2 Å². The van der Waals surface area contributed by atoms with Gasteiger partial charge in [-0.3, -0.25) is 4.79 Å². The molecule has 1 amide bonds. The van der Waals surface area contributed by atoms with E-state index in [-0.39, 0.29) is 6.09 Å². The number of carboxylic acids is 1. The van der Waals surface area contributed by atoms with E-state index in [9.17, 15) is 4.79 Å². The predicted octanol–water partition coefficient (Wildman–Crippen LogP) is 4.43. The van der Waals surface area contributed by atoms with Crippen LogP contribution in [0, 0.1) is 0 Å². The first-order chi connectivity index (χ1) is 10.00. The van der Waals surface area contributed by atoms with Gasteiger partial charge in [-0.05, 0) is 24.8 Å². The summed E-state index contributed by atoms with van der Waals surface area (Å²) < 4.78 is 4.93. The first-order valence-electron chi connectivity index (χ1n) is 7.78. The lowest BCUT2D eigenvalue weighted by atomic mass is 9.88. The second-order valence-corrected chi connectivity index (χ2v) is 13.1. The number of nitrogens with one attached hydrogen (secondary N) is 1. The molecule has 1 aliphatic rings. The molecule has 22 heavy (non-hydrogen) atoms. The van der Waals surface area contributed by atoms with Crippen LogP contribution in [0.2, 0.25) is 24.7 Å². The number of carboxylic acid groups (broad SMARTS) is 1. The monoisotopic (exact) mass is 351 g/mol. The zero-order valence-electron chi connectivity index (χ0n) is 14.4. The summed E-state index contributed by atoms with van der Waals surface area (Å²) >= 11 is 5.64. The fraction of sp³-hybridized carbons (Fsp3) is 0.867. The van der Waals surface area contributed by atoms with Gasteiger partial charge in [-0.15, -0.1) is 0 Å². The van der Waals surface area contributed by atoms with Gasteiger partial charge in [0, 0.05) is 13.5 Å². The second kappa shape index (κ2) is 9.40. The molecule has 0 aromatic rings. The zero-order valence-corrected chi connectivity index (χ0v) is 16.1. The van der Waals surface area contributed by atoms with Crippen LogP contribution in [0.15, 0.2) is 0 Å². The number of alkyl carbamates (subject to hydrolysis) is 1. The maximum Gasteiger partial charge on any atom is 0.408 e. The number of hydrogen-bond donors (Lipinski definition) is 2. The molecule has 1 aliphatic carbocycles. The molecule has 0 aromatic heterocycles. The Labute approximate surface area is 139 Å². The number of amides is 1. The Morgan fingerprint density at radius 2 is 1.73 bits per heavy atom. The molecule has 2 N–H and O–H groups in total. The highest BCUT2D eigenvalue weighted by Crippen LogP contribution is 2.49. The lowest BCUT2D eigenvalue weighted by Gasteiger charge is -2.46. The van der Waals surface area contributed by atoms with E-state index in [4.69, 9.17) is 26.2 Å². The van der Waals surface area contributed by atoms with Gasteiger partial charge in [0.1, 0.15) is 0 Å². The summed E-state index contributed by atoms with van der Waals surface area (Å²) in [6.07, 6.45) is 5.98. The molecule has 0 heterocycles. The SMILES string of the molecule is CC(=O)O.CC(Cl)OC(=O)NCC1([Si](C)(C)C)CCCCC1. The number of aliphatic carboxylic acids is 1. The van der Waals surface area contributed by atoms with E-state index in [0.29, 0.717) is 5.04 Å². The van der Waals surface area contributed by atoms with Crippen LogP contribution < -0.4 is 5.32 Å². The zero-order chi connectivity index (χ0) is 17.4. The Morgan fingerprint density at radius 3 is 2.09 bits per heavy atom. The minimum Gasteiger partial charge on any atom is -0.481 e. The third-order valence-corrected chi connectivity index (χ3v) is 8.19. The van der Waals surface area contributed by atoms with Crippen LogP contribution in [0.1, 0.15) is 46.0 Å². The van der Waals surface area contributed by atoms with Crippen molar-refractivity contribution in [1.29, 1.82) is 0 Å². The Bertz CT molecular complexity index is 359. The molecule has 0 radical (unpaired) electrons. The highest BCUT2D eigenvalue weighted by Gasteiger charge is 2.43. The van der Waals surface area contributed by atoms with E-state index in [1.165, 1.54) is 32.1 Å². The van der Waals surface area contributed by atoms with Crippen LogP contribution in [-0.4, -0.2) is 37.4 Å². The van der Waals surface area contributed by atoms with Crippen LogP contribution in [-0.2, 0) is 9.53 Å². The van der Waals surface area contributed by atoms with Crippen LogP contribution in [0.5, 0.6) is 0 Å². The molecule has 0 aromatic carbocycles. The summed E-state index contributed by atoms with van der Waals surface area (Å²) in [6.45, 7) is 10.7. The van der Waals surface area contributed by atoms with Crippen molar-refractivity contribution in [2.24, 2.45) is 0 Å². The van der Waals surface area contributed by atoms with Gasteiger partial charge in [-0.2, -0.15) is 0 Å². The lowest BCUT2D eigenvalue weighted by Crippen LogP contribution is -2.48. The van der Waals surface area contributed by atoms with Gasteiger partial charge < -0.3 is 15.2 Å². The molecule has 1 saturated carbocycles. The minimum atomic E-state index is -1.32. The van der Waals surface area contributed by atoms with Gasteiger partial charge in [-0.25, -0.2) is 4.79 Å². The first-order valence-corrected chi connectivity index (χ1v) is 11.7. The topological polar surface area (TPSA) is 75.6 Å². The lowest BCUT2D eigenvalue weighted by molar-refractivity contribution is -0.134. The summed E-state index contributed by atoms with van der Waals surface area (Å²) in [5, 5.41) is 10.7. The third kappa shape index (κ3) is 8.03. The molecule has 0 spiro atoms. The predicted molar refractivity (Wildman–Crippen MR) is 92.2 cm³/mol. The molecule has 1 rings (SSSR count). The van der Waals surface area contributed by atoms with Crippen LogP contribution >= 0.6 is 11.6 Å². The van der Waals surface area contributed by atoms with Gasteiger partial charge in [0.25, 0.3) is 5.97 Å². The van der Waals surface area contributed by atoms with Crippen molar-refractivity contribution in [1.82, 2.24) is 5.32 Å². The highest BCUT2D eigenvalue weighted by molar-refractivity contribution is 6.79. The van der Waals surface area contributed by atoms with E-state index >= 15 is 0 Å². The van der Waals surface area contributed by atoms with Crippen molar-refractivity contribution in [3.05, 3.63) is 0 Å². The quantitative estimate of drug-likeness (QED) is 0.580. The molecular formula is C15H30ClNO4Si. The van der Waals surface area contributed by atoms with Crippen molar-refractivity contribution < 1.29 is 19.4 Å². The Kier molecular flexibility index (Phi) is 9.08. The molecule has 0 aliphatic heterocycles. The average Bonchev–Trinajstić information content (AvgIpc) is 2.35. The van der Waals surface area contributed by atoms with Gasteiger partial charge in [0.15, 0.2) is 5.56 Å². The fourth-order valence-electron chi connectivity index (χ4n) is 2.85. The van der Waals surface area contributed by atoms with E-state index in [0.717, 1.165) is 13.5 Å². The summed E-state index contributed by atoms with van der Waals surface area (Å²) in [4.78, 5) is 20.6. The van der Waals surface area contributed by atoms with Gasteiger partial charge >= 0.3 is 6.09 Å². The van der Waals surface area contributed by atoms with E-state index in [1.54, 1.807) is 6.92 Å². The number of alkyl halides is 1. The van der Waals surface area contributed by atoms with Gasteiger partial charge in [0.05, 0.1) is 8.07 Å². The summed E-state index contributed by atoms with van der Waals surface area (Å²) in [5.41, 5.74) is -0.570. The smallest absolute Gasteiger partial charge is 0.408 e. The fourth-order valence-corrected chi connectivity index (χ4v) is 5.40. The number of carbonyl (C=O) groups is 2. The van der Waals surface area contributed by atoms with Crippen molar-refractivity contribution >= 4 is 31.7 Å². The molecule has 5 nitrogen and oxygen atoms in total. The van der Waals surface area contributed by atoms with Crippen LogP contribution in [0.3, 0.4) is 0 Å².